The molecule has 284 valence electrons. The Morgan fingerprint density at radius 1 is 0.959 bits per heavy atom. The highest BCUT2D eigenvalue weighted by Crippen LogP contribution is 2.70. The molecule has 17 unspecified atom stereocenters. The average molecular weight is 721 g/mol. The molecule has 0 spiro atoms. The third kappa shape index (κ3) is 7.04. The number of hydrogen-bond donors (Lipinski definition) is 6. The van der Waals surface area contributed by atoms with Gasteiger partial charge in [-0.15, -0.1) is 0 Å². The molecule has 5 rings (SSSR count). The summed E-state index contributed by atoms with van der Waals surface area (Å²) in [5.74, 6) is -2.29. The Hall–Kier alpha value is -0.750. The van der Waals surface area contributed by atoms with E-state index in [2.05, 4.69) is 6.92 Å². The largest absolute Gasteiger partial charge is 0.397 e. The molecule has 4 aliphatic carbocycles. The standard InChI is InChI=1S/C35H60O13S/c1-18(2)20(16-36)9-8-19(3)26-28(39)29(48-49(41,42)43)31-34(26,5)13-11-25-33(4)12-10-21(14-22(33)23(37)15-35(25,31)40)47-32-30(45-7)27(38)24(44-6)17-46-32/h8-9,18-32,36-40H,10-17H2,1-7H3,(H,41,42,43). The summed E-state index contributed by atoms with van der Waals surface area (Å²) in [6, 6.07) is 0. The molecule has 1 saturated heterocycles. The van der Waals surface area contributed by atoms with Gasteiger partial charge in [-0.25, -0.2) is 4.18 Å². The summed E-state index contributed by atoms with van der Waals surface area (Å²) in [5.41, 5.74) is -2.99. The normalized spacial score (nSPS) is 48.6. The summed E-state index contributed by atoms with van der Waals surface area (Å²) in [4.78, 5) is 0. The van der Waals surface area contributed by atoms with Crippen LogP contribution in [0.1, 0.15) is 73.1 Å². The quantitative estimate of drug-likeness (QED) is 0.103. The molecule has 0 aromatic heterocycles. The smallest absolute Gasteiger partial charge is 0.396 e. The van der Waals surface area contributed by atoms with Crippen LogP contribution in [0.25, 0.3) is 0 Å². The van der Waals surface area contributed by atoms with Gasteiger partial charge in [0.05, 0.1) is 30.5 Å². The van der Waals surface area contributed by atoms with E-state index in [1.807, 2.05) is 39.8 Å². The van der Waals surface area contributed by atoms with Gasteiger partial charge in [0, 0.05) is 39.1 Å². The first kappa shape index (κ1) is 39.5. The molecule has 14 heteroatoms. The minimum Gasteiger partial charge on any atom is -0.396 e. The van der Waals surface area contributed by atoms with Crippen molar-refractivity contribution in [2.75, 3.05) is 27.4 Å². The maximum Gasteiger partial charge on any atom is 0.397 e. The van der Waals surface area contributed by atoms with Gasteiger partial charge in [-0.1, -0.05) is 46.8 Å². The van der Waals surface area contributed by atoms with Gasteiger partial charge in [0.1, 0.15) is 24.4 Å². The van der Waals surface area contributed by atoms with Crippen molar-refractivity contribution in [1.29, 1.82) is 0 Å². The molecule has 5 fully saturated rings. The highest BCUT2D eigenvalue weighted by Gasteiger charge is 2.73. The van der Waals surface area contributed by atoms with Crippen LogP contribution in [0, 0.1) is 52.3 Å². The monoisotopic (exact) mass is 720 g/mol. The predicted molar refractivity (Wildman–Crippen MR) is 177 cm³/mol. The maximum atomic E-state index is 12.9. The lowest BCUT2D eigenvalue weighted by molar-refractivity contribution is -0.305. The van der Waals surface area contributed by atoms with E-state index in [1.165, 1.54) is 14.2 Å². The molecule has 49 heavy (non-hydrogen) atoms. The third-order valence-corrected chi connectivity index (χ3v) is 14.1. The van der Waals surface area contributed by atoms with E-state index < -0.39 is 81.6 Å². The number of methoxy groups -OCH3 is 2. The maximum absolute atomic E-state index is 12.9. The fourth-order valence-electron chi connectivity index (χ4n) is 11.2. The number of aliphatic hydroxyl groups is 5. The van der Waals surface area contributed by atoms with Crippen LogP contribution in [0.15, 0.2) is 12.2 Å². The molecule has 13 nitrogen and oxygen atoms in total. The molecule has 1 heterocycles. The van der Waals surface area contributed by atoms with Crippen LogP contribution in [0.2, 0.25) is 0 Å². The van der Waals surface area contributed by atoms with Crippen LogP contribution >= 0.6 is 0 Å². The summed E-state index contributed by atoms with van der Waals surface area (Å²) in [6.07, 6.45) is -0.523. The molecule has 0 radical (unpaired) electrons. The van der Waals surface area contributed by atoms with Crippen molar-refractivity contribution in [3.05, 3.63) is 12.2 Å². The SMILES string of the molecule is COC1COC(OC2CCC3(C)C(C2)C(O)CC2(O)C3CCC3(C)C(C(C)C=CC(CO)C(C)C)C(O)C(OS(=O)(=O)O)C32)C(OC)C1O. The zero-order chi connectivity index (χ0) is 36.3. The van der Waals surface area contributed by atoms with Crippen LogP contribution in [0.3, 0.4) is 0 Å². The highest BCUT2D eigenvalue weighted by molar-refractivity contribution is 7.80. The minimum atomic E-state index is -5.01. The lowest BCUT2D eigenvalue weighted by Gasteiger charge is -2.66. The molecule has 4 saturated carbocycles. The van der Waals surface area contributed by atoms with Crippen molar-refractivity contribution >= 4 is 10.4 Å². The molecule has 5 aliphatic rings. The topological polar surface area (TPSA) is 202 Å². The van der Waals surface area contributed by atoms with Crippen LogP contribution in [0.4, 0.5) is 0 Å². The summed E-state index contributed by atoms with van der Waals surface area (Å²) in [5, 5.41) is 57.2. The molecular formula is C35H60O13S. The molecular weight excluding hydrogens is 660 g/mol. The van der Waals surface area contributed by atoms with Gasteiger partial charge in [-0.05, 0) is 72.5 Å². The first-order valence-corrected chi connectivity index (χ1v) is 19.3. The van der Waals surface area contributed by atoms with E-state index in [0.29, 0.717) is 32.1 Å². The van der Waals surface area contributed by atoms with E-state index in [4.69, 9.17) is 23.1 Å². The highest BCUT2D eigenvalue weighted by atomic mass is 32.3. The Morgan fingerprint density at radius 2 is 1.63 bits per heavy atom. The van der Waals surface area contributed by atoms with Crippen LogP contribution in [-0.2, 0) is 33.5 Å². The Labute approximate surface area is 291 Å². The molecule has 1 aliphatic heterocycles. The van der Waals surface area contributed by atoms with Gasteiger partial charge < -0.3 is 44.5 Å². The van der Waals surface area contributed by atoms with Crippen molar-refractivity contribution in [2.45, 2.75) is 128 Å². The second-order valence-corrected chi connectivity index (χ2v) is 17.5. The first-order valence-electron chi connectivity index (χ1n) is 17.9. The van der Waals surface area contributed by atoms with Gasteiger partial charge in [0.2, 0.25) is 0 Å². The van der Waals surface area contributed by atoms with Crippen LogP contribution < -0.4 is 0 Å². The Morgan fingerprint density at radius 3 is 2.22 bits per heavy atom. The fourth-order valence-corrected chi connectivity index (χ4v) is 11.7. The van der Waals surface area contributed by atoms with E-state index in [-0.39, 0.29) is 55.3 Å². The third-order valence-electron chi connectivity index (χ3n) is 13.6. The van der Waals surface area contributed by atoms with Crippen molar-refractivity contribution in [3.63, 3.8) is 0 Å². The predicted octanol–water partition coefficient (Wildman–Crippen LogP) is 2.09. The number of hydrogen-bond acceptors (Lipinski definition) is 12. The van der Waals surface area contributed by atoms with Gasteiger partial charge in [-0.3, -0.25) is 4.55 Å². The minimum absolute atomic E-state index is 0.0374. The summed E-state index contributed by atoms with van der Waals surface area (Å²) < 4.78 is 62.7. The first-order chi connectivity index (χ1) is 22.9. The number of allylic oxidation sites excluding steroid dienone is 1. The van der Waals surface area contributed by atoms with Crippen molar-refractivity contribution in [2.24, 2.45) is 52.3 Å². The molecule has 17 atom stereocenters. The Balaban J connectivity index is 1.42. The van der Waals surface area contributed by atoms with E-state index in [0.717, 1.165) is 0 Å². The molecule has 0 aromatic rings. The summed E-state index contributed by atoms with van der Waals surface area (Å²) in [6.45, 7) is 10.1. The van der Waals surface area contributed by atoms with E-state index in [9.17, 15) is 38.5 Å². The second kappa shape index (κ2) is 14.6. The molecule has 6 N–H and O–H groups in total. The van der Waals surface area contributed by atoms with Gasteiger partial charge in [0.15, 0.2) is 6.29 Å². The Bertz CT molecular complexity index is 1280. The molecule has 0 bridgehead atoms. The van der Waals surface area contributed by atoms with Crippen molar-refractivity contribution in [3.8, 4) is 0 Å². The Kier molecular flexibility index (Phi) is 11.7. The second-order valence-electron chi connectivity index (χ2n) is 16.5. The zero-order valence-corrected chi connectivity index (χ0v) is 30.7. The fraction of sp³-hybridized carbons (Fsp3) is 0.943. The average Bonchev–Trinajstić information content (AvgIpc) is 3.23. The lowest BCUT2D eigenvalue weighted by Crippen LogP contribution is -2.69. The van der Waals surface area contributed by atoms with E-state index >= 15 is 0 Å². The summed E-state index contributed by atoms with van der Waals surface area (Å²) >= 11 is 0. The molecule has 0 aromatic carbocycles. The van der Waals surface area contributed by atoms with Gasteiger partial charge >= 0.3 is 10.4 Å². The number of rotatable bonds is 11. The van der Waals surface area contributed by atoms with Gasteiger partial charge in [0.25, 0.3) is 0 Å². The van der Waals surface area contributed by atoms with E-state index in [1.54, 1.807) is 0 Å². The van der Waals surface area contributed by atoms with Crippen LogP contribution in [-0.4, -0.2) is 121 Å². The number of aliphatic hydroxyl groups excluding tert-OH is 4. The lowest BCUT2D eigenvalue weighted by atomic mass is 9.42. The number of ether oxygens (including phenoxy) is 4. The van der Waals surface area contributed by atoms with Crippen molar-refractivity contribution < 1.29 is 61.6 Å². The van der Waals surface area contributed by atoms with Crippen molar-refractivity contribution in [1.82, 2.24) is 0 Å². The summed E-state index contributed by atoms with van der Waals surface area (Å²) in [7, 11) is -2.04. The zero-order valence-electron chi connectivity index (χ0n) is 29.9. The van der Waals surface area contributed by atoms with Gasteiger partial charge in [-0.2, -0.15) is 8.42 Å². The molecule has 0 amide bonds. The number of fused-ring (bicyclic) bond motifs is 5. The van der Waals surface area contributed by atoms with Crippen LogP contribution in [0.5, 0.6) is 0 Å².